The molecule has 0 bridgehead atoms. The van der Waals surface area contributed by atoms with E-state index in [1.54, 1.807) is 6.20 Å². The summed E-state index contributed by atoms with van der Waals surface area (Å²) in [6.45, 7) is 5.94. The third kappa shape index (κ3) is 4.54. The highest BCUT2D eigenvalue weighted by Gasteiger charge is 2.18. The zero-order valence-corrected chi connectivity index (χ0v) is 12.8. The minimum atomic E-state index is -0.202. The lowest BCUT2D eigenvalue weighted by Gasteiger charge is -2.16. The van der Waals surface area contributed by atoms with E-state index in [9.17, 15) is 4.79 Å². The topological polar surface area (TPSA) is 67.2 Å². The number of amides is 1. The van der Waals surface area contributed by atoms with Crippen LogP contribution in [0, 0.1) is 0 Å². The minimum Gasteiger partial charge on any atom is -0.390 e. The molecule has 1 amide bonds. The molecule has 1 aromatic heterocycles. The molecule has 1 rings (SSSR count). The number of nitrogens with one attached hydrogen (secondary N) is 1. The fourth-order valence-corrected chi connectivity index (χ4v) is 2.64. The molecule has 1 heterocycles. The highest BCUT2D eigenvalue weighted by Crippen LogP contribution is 2.22. The Morgan fingerprint density at radius 1 is 1.58 bits per heavy atom. The summed E-state index contributed by atoms with van der Waals surface area (Å²) in [5.41, 5.74) is 0.745. The normalized spacial score (nSPS) is 14.2. The SMILES string of the molecule is CCCC(C)NC(=O)C(C)Sc1ncc(CO)n1C. The standard InChI is InChI=1S/C13H23N3O2S/c1-5-6-9(2)15-12(18)10(3)19-13-14-7-11(8-17)16(13)4/h7,9-10,17H,5-6,8H2,1-4H3,(H,15,18). The van der Waals surface area contributed by atoms with Crippen molar-refractivity contribution in [3.05, 3.63) is 11.9 Å². The molecule has 0 aliphatic heterocycles. The summed E-state index contributed by atoms with van der Waals surface area (Å²) in [6.07, 6.45) is 3.68. The molecule has 5 nitrogen and oxygen atoms in total. The Hall–Kier alpha value is -1.01. The van der Waals surface area contributed by atoms with Crippen LogP contribution in [0.4, 0.5) is 0 Å². The van der Waals surface area contributed by atoms with E-state index in [4.69, 9.17) is 5.11 Å². The number of aliphatic hydroxyl groups is 1. The van der Waals surface area contributed by atoms with E-state index in [0.717, 1.165) is 23.7 Å². The number of rotatable bonds is 7. The van der Waals surface area contributed by atoms with Crippen LogP contribution in [-0.2, 0) is 18.4 Å². The maximum Gasteiger partial charge on any atom is 0.233 e. The lowest BCUT2D eigenvalue weighted by Crippen LogP contribution is -2.37. The summed E-state index contributed by atoms with van der Waals surface area (Å²) in [5, 5.41) is 12.6. The molecule has 2 N–H and O–H groups in total. The molecule has 2 unspecified atom stereocenters. The van der Waals surface area contributed by atoms with E-state index in [-0.39, 0.29) is 23.8 Å². The molecule has 1 aromatic rings. The number of aromatic nitrogens is 2. The van der Waals surface area contributed by atoms with E-state index >= 15 is 0 Å². The highest BCUT2D eigenvalue weighted by atomic mass is 32.2. The molecule has 6 heteroatoms. The predicted molar refractivity (Wildman–Crippen MR) is 77.0 cm³/mol. The van der Waals surface area contributed by atoms with Crippen molar-refractivity contribution in [2.45, 2.75) is 56.7 Å². The lowest BCUT2D eigenvalue weighted by molar-refractivity contribution is -0.120. The first kappa shape index (κ1) is 16.0. The minimum absolute atomic E-state index is 0.0273. The van der Waals surface area contributed by atoms with Gasteiger partial charge in [-0.2, -0.15) is 0 Å². The smallest absolute Gasteiger partial charge is 0.233 e. The second-order valence-electron chi connectivity index (χ2n) is 4.71. The fourth-order valence-electron chi connectivity index (χ4n) is 1.76. The summed E-state index contributed by atoms with van der Waals surface area (Å²) in [6, 6.07) is 0.204. The first-order valence-electron chi connectivity index (χ1n) is 6.58. The van der Waals surface area contributed by atoms with Crippen LogP contribution >= 0.6 is 11.8 Å². The molecule has 0 radical (unpaired) electrons. The molecule has 0 fully saturated rings. The number of carbonyl (C=O) groups is 1. The molecule has 108 valence electrons. The van der Waals surface area contributed by atoms with Crippen molar-refractivity contribution < 1.29 is 9.90 Å². The molecule has 0 aliphatic carbocycles. The zero-order chi connectivity index (χ0) is 14.4. The average Bonchev–Trinajstić information content (AvgIpc) is 2.70. The molecule has 0 aromatic carbocycles. The number of aliphatic hydroxyl groups excluding tert-OH is 1. The molecular weight excluding hydrogens is 262 g/mol. The molecule has 2 atom stereocenters. The number of hydrogen-bond acceptors (Lipinski definition) is 4. The van der Waals surface area contributed by atoms with Gasteiger partial charge in [0, 0.05) is 13.1 Å². The average molecular weight is 285 g/mol. The van der Waals surface area contributed by atoms with E-state index < -0.39 is 0 Å². The lowest BCUT2D eigenvalue weighted by atomic mass is 10.2. The van der Waals surface area contributed by atoms with E-state index in [1.807, 2.05) is 25.5 Å². The molecule has 0 aliphatic rings. The fraction of sp³-hybridized carbons (Fsp3) is 0.692. The van der Waals surface area contributed by atoms with Gasteiger partial charge in [0.25, 0.3) is 0 Å². The largest absolute Gasteiger partial charge is 0.390 e. The van der Waals surface area contributed by atoms with Gasteiger partial charge in [-0.3, -0.25) is 4.79 Å². The van der Waals surface area contributed by atoms with E-state index in [0.29, 0.717) is 0 Å². The number of carbonyl (C=O) groups excluding carboxylic acids is 1. The van der Waals surface area contributed by atoms with Crippen LogP contribution in [0.2, 0.25) is 0 Å². The summed E-state index contributed by atoms with van der Waals surface area (Å²) >= 11 is 1.40. The van der Waals surface area contributed by atoms with Gasteiger partial charge in [-0.15, -0.1) is 0 Å². The van der Waals surface area contributed by atoms with Gasteiger partial charge in [-0.1, -0.05) is 25.1 Å². The maximum absolute atomic E-state index is 12.0. The van der Waals surface area contributed by atoms with Crippen molar-refractivity contribution in [3.8, 4) is 0 Å². The highest BCUT2D eigenvalue weighted by molar-refractivity contribution is 8.00. The second-order valence-corrected chi connectivity index (χ2v) is 6.02. The predicted octanol–water partition coefficient (Wildman–Crippen LogP) is 1.70. The molecular formula is C13H23N3O2S. The van der Waals surface area contributed by atoms with Gasteiger partial charge >= 0.3 is 0 Å². The van der Waals surface area contributed by atoms with Crippen molar-refractivity contribution in [3.63, 3.8) is 0 Å². The van der Waals surface area contributed by atoms with Crippen LogP contribution in [0.3, 0.4) is 0 Å². The molecule has 19 heavy (non-hydrogen) atoms. The van der Waals surface area contributed by atoms with Crippen LogP contribution in [-0.4, -0.2) is 31.9 Å². The number of imidazole rings is 1. The Balaban J connectivity index is 2.56. The third-order valence-electron chi connectivity index (χ3n) is 2.97. The maximum atomic E-state index is 12.0. The zero-order valence-electron chi connectivity index (χ0n) is 12.0. The van der Waals surface area contributed by atoms with Crippen LogP contribution in [0.1, 0.15) is 39.3 Å². The summed E-state index contributed by atoms with van der Waals surface area (Å²) in [4.78, 5) is 16.2. The number of hydrogen-bond donors (Lipinski definition) is 2. The molecule has 0 saturated carbocycles. The van der Waals surface area contributed by atoms with E-state index in [1.165, 1.54) is 11.8 Å². The number of thioether (sulfide) groups is 1. The van der Waals surface area contributed by atoms with Crippen LogP contribution in [0.5, 0.6) is 0 Å². The third-order valence-corrected chi connectivity index (χ3v) is 4.12. The van der Waals surface area contributed by atoms with Crippen LogP contribution in [0.25, 0.3) is 0 Å². The van der Waals surface area contributed by atoms with Crippen molar-refractivity contribution in [1.82, 2.24) is 14.9 Å². The Kier molecular flexibility index (Phi) is 6.37. The Morgan fingerprint density at radius 2 is 2.26 bits per heavy atom. The van der Waals surface area contributed by atoms with Gasteiger partial charge in [0.15, 0.2) is 5.16 Å². The van der Waals surface area contributed by atoms with Crippen molar-refractivity contribution in [2.24, 2.45) is 7.05 Å². The number of nitrogens with zero attached hydrogens (tertiary/aromatic N) is 2. The van der Waals surface area contributed by atoms with Crippen molar-refractivity contribution in [2.75, 3.05) is 0 Å². The van der Waals surface area contributed by atoms with Crippen molar-refractivity contribution >= 4 is 17.7 Å². The van der Waals surface area contributed by atoms with Gasteiger partial charge in [0.05, 0.1) is 23.7 Å². The summed E-state index contributed by atoms with van der Waals surface area (Å²) < 4.78 is 1.81. The van der Waals surface area contributed by atoms with Crippen LogP contribution < -0.4 is 5.32 Å². The summed E-state index contributed by atoms with van der Waals surface area (Å²) in [7, 11) is 1.84. The monoisotopic (exact) mass is 285 g/mol. The molecule has 0 spiro atoms. The Labute approximate surface area is 118 Å². The summed E-state index contributed by atoms with van der Waals surface area (Å²) in [5.74, 6) is 0.0273. The quantitative estimate of drug-likeness (QED) is 0.748. The first-order chi connectivity index (χ1) is 8.99. The van der Waals surface area contributed by atoms with Crippen molar-refractivity contribution in [1.29, 1.82) is 0 Å². The van der Waals surface area contributed by atoms with Gasteiger partial charge in [0.1, 0.15) is 0 Å². The first-order valence-corrected chi connectivity index (χ1v) is 7.46. The van der Waals surface area contributed by atoms with Gasteiger partial charge < -0.3 is 15.0 Å². The van der Waals surface area contributed by atoms with Crippen LogP contribution in [0.15, 0.2) is 11.4 Å². The van der Waals surface area contributed by atoms with Gasteiger partial charge in [-0.25, -0.2) is 4.98 Å². The van der Waals surface area contributed by atoms with Gasteiger partial charge in [0.2, 0.25) is 5.91 Å². The Bertz CT molecular complexity index is 420. The second kappa shape index (κ2) is 7.55. The molecule has 0 saturated heterocycles. The van der Waals surface area contributed by atoms with E-state index in [2.05, 4.69) is 17.2 Å². The Morgan fingerprint density at radius 3 is 2.79 bits per heavy atom. The van der Waals surface area contributed by atoms with Gasteiger partial charge in [-0.05, 0) is 20.3 Å².